The third-order valence-electron chi connectivity index (χ3n) is 7.11. The lowest BCUT2D eigenvalue weighted by Crippen LogP contribution is -2.58. The van der Waals surface area contributed by atoms with Crippen molar-refractivity contribution >= 4 is 6.03 Å². The number of carbonyl (C=O) groups excluding carboxylic acids is 1. The Morgan fingerprint density at radius 1 is 1.03 bits per heavy atom. The smallest absolute Gasteiger partial charge is 0.322 e. The van der Waals surface area contributed by atoms with Crippen molar-refractivity contribution in [2.45, 2.75) is 51.4 Å². The number of nitrogens with zero attached hydrogens (tertiary/aromatic N) is 3. The summed E-state index contributed by atoms with van der Waals surface area (Å²) in [5.41, 5.74) is 1.94. The normalized spacial score (nSPS) is 20.8. The van der Waals surface area contributed by atoms with E-state index in [1.165, 1.54) is 5.56 Å². The minimum atomic E-state index is -0.762. The maximum Gasteiger partial charge on any atom is 0.322 e. The highest BCUT2D eigenvalue weighted by Gasteiger charge is 2.57. The molecular formula is C27H37N3O3. The molecule has 1 N–H and O–H groups in total. The standard InChI is InChI=1S/C27H37N3O3/c1-21(2)19-29-25(31)27(14-17-28(18-15-27)20-23-7-5-4-6-8-23)30(26(29)32)16-13-22-9-11-24(33-3)12-10-22/h4-12,21,25,31H,13-20H2,1-3H3. The molecule has 1 atom stereocenters. The molecule has 2 aromatic carbocycles. The molecule has 2 heterocycles. The molecule has 2 aromatic rings. The highest BCUT2D eigenvalue weighted by Crippen LogP contribution is 2.40. The van der Waals surface area contributed by atoms with Crippen molar-refractivity contribution in [1.82, 2.24) is 14.7 Å². The van der Waals surface area contributed by atoms with E-state index >= 15 is 0 Å². The number of urea groups is 1. The summed E-state index contributed by atoms with van der Waals surface area (Å²) in [4.78, 5) is 19.6. The summed E-state index contributed by atoms with van der Waals surface area (Å²) in [6.07, 6.45) is 1.56. The molecule has 0 radical (unpaired) electrons. The first-order valence-electron chi connectivity index (χ1n) is 12.1. The summed E-state index contributed by atoms with van der Waals surface area (Å²) in [6.45, 7) is 8.01. The fourth-order valence-corrected chi connectivity index (χ4v) is 5.27. The number of hydrogen-bond donors (Lipinski definition) is 1. The lowest BCUT2D eigenvalue weighted by molar-refractivity contribution is -0.0571. The van der Waals surface area contributed by atoms with Crippen LogP contribution in [0.3, 0.4) is 0 Å². The zero-order valence-electron chi connectivity index (χ0n) is 20.1. The molecule has 0 aliphatic carbocycles. The first kappa shape index (κ1) is 23.6. The number of aliphatic hydroxyl groups excluding tert-OH is 1. The number of benzene rings is 2. The van der Waals surface area contributed by atoms with E-state index < -0.39 is 11.8 Å². The zero-order valence-corrected chi connectivity index (χ0v) is 20.1. The van der Waals surface area contributed by atoms with Gasteiger partial charge in [-0.15, -0.1) is 0 Å². The molecule has 1 unspecified atom stereocenters. The Balaban J connectivity index is 1.49. The minimum Gasteiger partial charge on any atom is -0.497 e. The molecule has 2 amide bonds. The average molecular weight is 452 g/mol. The number of piperidine rings is 1. The molecule has 2 saturated heterocycles. The lowest BCUT2D eigenvalue weighted by Gasteiger charge is -2.45. The molecule has 178 valence electrons. The Hall–Kier alpha value is -2.57. The molecule has 2 fully saturated rings. The first-order chi connectivity index (χ1) is 15.9. The predicted octanol–water partition coefficient (Wildman–Crippen LogP) is 3.98. The molecule has 6 heteroatoms. The number of amides is 2. The maximum atomic E-state index is 13.5. The number of methoxy groups -OCH3 is 1. The first-order valence-corrected chi connectivity index (χ1v) is 12.1. The van der Waals surface area contributed by atoms with Crippen LogP contribution in [0, 0.1) is 5.92 Å². The molecule has 2 aliphatic heterocycles. The fraction of sp³-hybridized carbons (Fsp3) is 0.519. The van der Waals surface area contributed by atoms with Gasteiger partial charge in [0.15, 0.2) is 6.23 Å². The van der Waals surface area contributed by atoms with Gasteiger partial charge in [0.1, 0.15) is 5.75 Å². The highest BCUT2D eigenvalue weighted by molar-refractivity contribution is 5.79. The molecule has 0 aromatic heterocycles. The quantitative estimate of drug-likeness (QED) is 0.660. The van der Waals surface area contributed by atoms with Gasteiger partial charge in [0.25, 0.3) is 0 Å². The molecule has 2 aliphatic rings. The van der Waals surface area contributed by atoms with Crippen molar-refractivity contribution in [3.63, 3.8) is 0 Å². The second-order valence-electron chi connectivity index (χ2n) is 9.82. The second kappa shape index (κ2) is 10.1. The van der Waals surface area contributed by atoms with E-state index in [0.717, 1.165) is 50.2 Å². The SMILES string of the molecule is COc1ccc(CCN2C(=O)N(CC(C)C)C(O)C23CCN(Cc2ccccc2)CC3)cc1. The fourth-order valence-electron chi connectivity index (χ4n) is 5.27. The van der Waals surface area contributed by atoms with Crippen molar-refractivity contribution in [1.29, 1.82) is 0 Å². The van der Waals surface area contributed by atoms with Gasteiger partial charge in [-0.1, -0.05) is 56.3 Å². The van der Waals surface area contributed by atoms with Crippen molar-refractivity contribution in [2.24, 2.45) is 5.92 Å². The van der Waals surface area contributed by atoms with Crippen LogP contribution in [0.1, 0.15) is 37.8 Å². The van der Waals surface area contributed by atoms with Crippen molar-refractivity contribution in [3.05, 3.63) is 65.7 Å². The number of likely N-dealkylation sites (tertiary alicyclic amines) is 1. The number of rotatable bonds is 8. The van der Waals surface area contributed by atoms with E-state index in [-0.39, 0.29) is 6.03 Å². The third-order valence-corrected chi connectivity index (χ3v) is 7.11. The Kier molecular flexibility index (Phi) is 7.25. The summed E-state index contributed by atoms with van der Waals surface area (Å²) in [7, 11) is 1.66. The number of ether oxygens (including phenoxy) is 1. The van der Waals surface area contributed by atoms with E-state index in [9.17, 15) is 9.90 Å². The molecular weight excluding hydrogens is 414 g/mol. The van der Waals surface area contributed by atoms with Gasteiger partial charge < -0.3 is 14.7 Å². The molecule has 6 nitrogen and oxygen atoms in total. The van der Waals surface area contributed by atoms with Gasteiger partial charge >= 0.3 is 6.03 Å². The summed E-state index contributed by atoms with van der Waals surface area (Å²) in [6, 6.07) is 18.5. The monoisotopic (exact) mass is 451 g/mol. The van der Waals surface area contributed by atoms with Crippen LogP contribution in [0.2, 0.25) is 0 Å². The van der Waals surface area contributed by atoms with Crippen LogP contribution in [0.4, 0.5) is 4.79 Å². The van der Waals surface area contributed by atoms with E-state index in [4.69, 9.17) is 4.74 Å². The van der Waals surface area contributed by atoms with Crippen LogP contribution < -0.4 is 4.74 Å². The number of aliphatic hydroxyl groups is 1. The summed E-state index contributed by atoms with van der Waals surface area (Å²) >= 11 is 0. The Morgan fingerprint density at radius 3 is 2.30 bits per heavy atom. The predicted molar refractivity (Wildman–Crippen MR) is 130 cm³/mol. The minimum absolute atomic E-state index is 0.0266. The topological polar surface area (TPSA) is 56.3 Å². The van der Waals surface area contributed by atoms with Crippen LogP contribution in [0.5, 0.6) is 5.75 Å². The number of hydrogen-bond acceptors (Lipinski definition) is 4. The summed E-state index contributed by atoms with van der Waals surface area (Å²) in [5, 5.41) is 11.4. The van der Waals surface area contributed by atoms with Crippen LogP contribution in [0.25, 0.3) is 0 Å². The lowest BCUT2D eigenvalue weighted by atomic mass is 9.84. The van der Waals surface area contributed by atoms with E-state index in [0.29, 0.717) is 19.0 Å². The Bertz CT molecular complexity index is 908. The molecule has 33 heavy (non-hydrogen) atoms. The van der Waals surface area contributed by atoms with Gasteiger partial charge in [0, 0.05) is 32.7 Å². The van der Waals surface area contributed by atoms with Gasteiger partial charge in [-0.2, -0.15) is 0 Å². The molecule has 0 bridgehead atoms. The molecule has 0 saturated carbocycles. The van der Waals surface area contributed by atoms with Gasteiger partial charge in [0.05, 0.1) is 12.6 Å². The van der Waals surface area contributed by atoms with Crippen molar-refractivity contribution < 1.29 is 14.6 Å². The van der Waals surface area contributed by atoms with Crippen LogP contribution in [0.15, 0.2) is 54.6 Å². The highest BCUT2D eigenvalue weighted by atomic mass is 16.5. The van der Waals surface area contributed by atoms with Crippen molar-refractivity contribution in [3.8, 4) is 5.75 Å². The largest absolute Gasteiger partial charge is 0.497 e. The number of carbonyl (C=O) groups is 1. The van der Waals surface area contributed by atoms with E-state index in [2.05, 4.69) is 55.1 Å². The summed E-state index contributed by atoms with van der Waals surface area (Å²) < 4.78 is 5.26. The third kappa shape index (κ3) is 5.02. The maximum absolute atomic E-state index is 13.5. The van der Waals surface area contributed by atoms with Gasteiger partial charge in [-0.05, 0) is 48.4 Å². The van der Waals surface area contributed by atoms with Crippen LogP contribution >= 0.6 is 0 Å². The zero-order chi connectivity index (χ0) is 23.4. The van der Waals surface area contributed by atoms with Gasteiger partial charge in [-0.3, -0.25) is 9.80 Å². The molecule has 4 rings (SSSR count). The summed E-state index contributed by atoms with van der Waals surface area (Å²) in [5.74, 6) is 1.14. The van der Waals surface area contributed by atoms with Crippen LogP contribution in [-0.4, -0.2) is 70.9 Å². The second-order valence-corrected chi connectivity index (χ2v) is 9.82. The Labute approximate surface area is 197 Å². The van der Waals surface area contributed by atoms with Gasteiger partial charge in [0.2, 0.25) is 0 Å². The Morgan fingerprint density at radius 2 is 1.70 bits per heavy atom. The van der Waals surface area contributed by atoms with Crippen LogP contribution in [-0.2, 0) is 13.0 Å². The van der Waals surface area contributed by atoms with E-state index in [1.807, 2.05) is 23.1 Å². The van der Waals surface area contributed by atoms with Crippen molar-refractivity contribution in [2.75, 3.05) is 33.3 Å². The van der Waals surface area contributed by atoms with Gasteiger partial charge in [-0.25, -0.2) is 4.79 Å². The molecule has 1 spiro atoms. The average Bonchev–Trinajstić information content (AvgIpc) is 3.01. The van der Waals surface area contributed by atoms with E-state index in [1.54, 1.807) is 12.0 Å².